The number of hydrogen-bond acceptors (Lipinski definition) is 5. The fraction of sp³-hybridized carbons (Fsp3) is 0.500. The van der Waals surface area contributed by atoms with E-state index in [0.29, 0.717) is 30.6 Å². The Kier molecular flexibility index (Phi) is 3.95. The first kappa shape index (κ1) is 16.1. The number of benzene rings is 1. The average molecular weight is 343 g/mol. The molecule has 7 nitrogen and oxygen atoms in total. The van der Waals surface area contributed by atoms with Crippen molar-refractivity contribution in [2.24, 2.45) is 5.73 Å². The van der Waals surface area contributed by atoms with Gasteiger partial charge >= 0.3 is 0 Å². The van der Waals surface area contributed by atoms with E-state index in [0.717, 1.165) is 29.8 Å². The van der Waals surface area contributed by atoms with Gasteiger partial charge in [-0.15, -0.1) is 0 Å². The molecule has 1 aliphatic carbocycles. The molecule has 0 aromatic heterocycles. The van der Waals surface area contributed by atoms with E-state index in [9.17, 15) is 14.4 Å². The fourth-order valence-electron chi connectivity index (χ4n) is 3.80. The van der Waals surface area contributed by atoms with Gasteiger partial charge in [-0.25, -0.2) is 5.01 Å². The number of carbonyl (C=O) groups is 3. The lowest BCUT2D eigenvalue weighted by Crippen LogP contribution is -2.51. The number of piperidine rings is 1. The fourth-order valence-corrected chi connectivity index (χ4v) is 3.80. The van der Waals surface area contributed by atoms with E-state index >= 15 is 0 Å². The second-order valence-corrected chi connectivity index (χ2v) is 6.89. The van der Waals surface area contributed by atoms with Gasteiger partial charge in [0.15, 0.2) is 0 Å². The molecule has 1 aromatic carbocycles. The highest BCUT2D eigenvalue weighted by Gasteiger charge is 2.39. The van der Waals surface area contributed by atoms with Crippen molar-refractivity contribution in [1.82, 2.24) is 10.0 Å². The maximum absolute atomic E-state index is 12.6. The quantitative estimate of drug-likeness (QED) is 0.837. The molecule has 2 fully saturated rings. The molecule has 132 valence electrons. The van der Waals surface area contributed by atoms with Crippen LogP contribution in [-0.4, -0.2) is 39.9 Å². The zero-order chi connectivity index (χ0) is 17.6. The van der Waals surface area contributed by atoms with Gasteiger partial charge in [0.25, 0.3) is 5.91 Å². The van der Waals surface area contributed by atoms with E-state index < -0.39 is 0 Å². The highest BCUT2D eigenvalue weighted by atomic mass is 16.5. The Balaban J connectivity index is 1.54. The smallest absolute Gasteiger partial charge is 0.273 e. The van der Waals surface area contributed by atoms with Gasteiger partial charge in [-0.3, -0.25) is 14.4 Å². The maximum atomic E-state index is 12.6. The molecule has 0 radical (unpaired) electrons. The number of amides is 3. The minimum atomic E-state index is -0.317. The largest absolute Gasteiger partial charge is 0.489 e. The molecule has 2 aliphatic heterocycles. The Morgan fingerprint density at radius 2 is 1.80 bits per heavy atom. The molecule has 2 atom stereocenters. The van der Waals surface area contributed by atoms with Gasteiger partial charge in [0.2, 0.25) is 11.8 Å². The molecule has 0 bridgehead atoms. The second-order valence-electron chi connectivity index (χ2n) is 6.89. The number of carbonyl (C=O) groups excluding carboxylic acids is 3. The van der Waals surface area contributed by atoms with E-state index in [1.54, 1.807) is 12.1 Å². The van der Waals surface area contributed by atoms with Crippen molar-refractivity contribution in [2.75, 3.05) is 0 Å². The van der Waals surface area contributed by atoms with E-state index in [-0.39, 0.29) is 36.4 Å². The number of hydrogen-bond donors (Lipinski definition) is 1. The Bertz CT molecular complexity index is 732. The lowest BCUT2D eigenvalue weighted by Gasteiger charge is -2.32. The van der Waals surface area contributed by atoms with Crippen molar-refractivity contribution in [3.05, 3.63) is 29.3 Å². The van der Waals surface area contributed by atoms with E-state index in [4.69, 9.17) is 10.5 Å². The standard InChI is InChI=1S/C18H21N3O4/c19-14-3-1-4-15(14)25-12-7-8-13-11(9-12)10-20(18(13)24)21-16(22)5-2-6-17(21)23/h7-9,14-15H,1-6,10,19H2/t14-,15-/m1/s1. The van der Waals surface area contributed by atoms with Crippen LogP contribution in [0, 0.1) is 0 Å². The molecule has 3 amide bonds. The summed E-state index contributed by atoms with van der Waals surface area (Å²) in [5.74, 6) is -0.272. The first-order chi connectivity index (χ1) is 12.0. The van der Waals surface area contributed by atoms with Gasteiger partial charge in [-0.05, 0) is 49.4 Å². The van der Waals surface area contributed by atoms with Crippen LogP contribution in [0.2, 0.25) is 0 Å². The lowest BCUT2D eigenvalue weighted by atomic mass is 10.1. The van der Waals surface area contributed by atoms with Crippen molar-refractivity contribution in [1.29, 1.82) is 0 Å². The molecule has 25 heavy (non-hydrogen) atoms. The Labute approximate surface area is 145 Å². The first-order valence-corrected chi connectivity index (χ1v) is 8.77. The summed E-state index contributed by atoms with van der Waals surface area (Å²) in [6.07, 6.45) is 4.07. The van der Waals surface area contributed by atoms with Gasteiger partial charge in [0.1, 0.15) is 11.9 Å². The van der Waals surface area contributed by atoms with E-state index in [1.807, 2.05) is 6.07 Å². The molecular weight excluding hydrogens is 322 g/mol. The summed E-state index contributed by atoms with van der Waals surface area (Å²) < 4.78 is 5.97. The summed E-state index contributed by atoms with van der Waals surface area (Å²) in [5, 5.41) is 2.26. The topological polar surface area (TPSA) is 92.9 Å². The molecule has 1 saturated carbocycles. The van der Waals surface area contributed by atoms with Gasteiger partial charge in [-0.2, -0.15) is 5.01 Å². The van der Waals surface area contributed by atoms with Crippen molar-refractivity contribution < 1.29 is 19.1 Å². The zero-order valence-corrected chi connectivity index (χ0v) is 13.9. The van der Waals surface area contributed by atoms with E-state index in [2.05, 4.69) is 0 Å². The number of fused-ring (bicyclic) bond motifs is 1. The van der Waals surface area contributed by atoms with Gasteiger partial charge in [-0.1, -0.05) is 0 Å². The maximum Gasteiger partial charge on any atom is 0.273 e. The van der Waals surface area contributed by atoms with Crippen LogP contribution in [0.25, 0.3) is 0 Å². The molecule has 0 spiro atoms. The minimum absolute atomic E-state index is 0.00323. The third kappa shape index (κ3) is 2.78. The summed E-state index contributed by atoms with van der Waals surface area (Å²) in [5.41, 5.74) is 7.32. The summed E-state index contributed by atoms with van der Waals surface area (Å²) in [4.78, 5) is 36.8. The molecule has 2 N–H and O–H groups in total. The van der Waals surface area contributed by atoms with Crippen LogP contribution in [-0.2, 0) is 16.1 Å². The Morgan fingerprint density at radius 1 is 1.04 bits per heavy atom. The van der Waals surface area contributed by atoms with Crippen LogP contribution >= 0.6 is 0 Å². The predicted molar refractivity (Wildman–Crippen MR) is 88.3 cm³/mol. The number of imide groups is 1. The van der Waals surface area contributed by atoms with Crippen LogP contribution in [0.4, 0.5) is 0 Å². The lowest BCUT2D eigenvalue weighted by molar-refractivity contribution is -0.163. The minimum Gasteiger partial charge on any atom is -0.489 e. The summed E-state index contributed by atoms with van der Waals surface area (Å²) >= 11 is 0. The second kappa shape index (κ2) is 6.15. The average Bonchev–Trinajstić information content (AvgIpc) is 3.12. The molecule has 3 aliphatic rings. The Hall–Kier alpha value is -2.41. The van der Waals surface area contributed by atoms with Gasteiger partial charge in [0.05, 0.1) is 6.54 Å². The molecule has 7 heteroatoms. The third-order valence-electron chi connectivity index (χ3n) is 5.15. The van der Waals surface area contributed by atoms with Gasteiger partial charge in [0, 0.05) is 24.4 Å². The molecule has 2 heterocycles. The normalized spacial score (nSPS) is 26.4. The monoisotopic (exact) mass is 343 g/mol. The number of nitrogens with zero attached hydrogens (tertiary/aromatic N) is 2. The van der Waals surface area contributed by atoms with Crippen LogP contribution in [0.3, 0.4) is 0 Å². The van der Waals surface area contributed by atoms with Crippen LogP contribution < -0.4 is 10.5 Å². The zero-order valence-electron chi connectivity index (χ0n) is 13.9. The summed E-state index contributed by atoms with van der Waals surface area (Å²) in [6.45, 7) is 0.208. The molecule has 0 unspecified atom stereocenters. The van der Waals surface area contributed by atoms with Crippen LogP contribution in [0.15, 0.2) is 18.2 Å². The molecular formula is C18H21N3O4. The molecule has 1 aromatic rings. The Morgan fingerprint density at radius 3 is 2.48 bits per heavy atom. The highest BCUT2D eigenvalue weighted by Crippen LogP contribution is 2.31. The first-order valence-electron chi connectivity index (χ1n) is 8.77. The van der Waals surface area contributed by atoms with Crippen molar-refractivity contribution >= 4 is 17.7 Å². The van der Waals surface area contributed by atoms with Crippen LogP contribution in [0.5, 0.6) is 5.75 Å². The van der Waals surface area contributed by atoms with Gasteiger partial charge < -0.3 is 10.5 Å². The number of nitrogens with two attached hydrogens (primary N) is 1. The number of ether oxygens (including phenoxy) is 1. The third-order valence-corrected chi connectivity index (χ3v) is 5.15. The highest BCUT2D eigenvalue weighted by molar-refractivity contribution is 6.04. The predicted octanol–water partition coefficient (Wildman–Crippen LogP) is 1.36. The molecule has 1 saturated heterocycles. The number of rotatable bonds is 3. The molecule has 4 rings (SSSR count). The van der Waals surface area contributed by atoms with Crippen molar-refractivity contribution in [2.45, 2.75) is 57.2 Å². The summed E-state index contributed by atoms with van der Waals surface area (Å²) in [7, 11) is 0. The number of hydrazine groups is 1. The van der Waals surface area contributed by atoms with E-state index in [1.165, 1.54) is 5.01 Å². The van der Waals surface area contributed by atoms with Crippen molar-refractivity contribution in [3.63, 3.8) is 0 Å². The van der Waals surface area contributed by atoms with Crippen LogP contribution in [0.1, 0.15) is 54.4 Å². The summed E-state index contributed by atoms with van der Waals surface area (Å²) in [6, 6.07) is 5.31. The SMILES string of the molecule is N[C@@H]1CCC[C@H]1Oc1ccc2c(c1)CN(N1C(=O)CCCC1=O)C2=O. The van der Waals surface area contributed by atoms with Crippen molar-refractivity contribution in [3.8, 4) is 5.75 Å².